The highest BCUT2D eigenvalue weighted by Crippen LogP contribution is 2.36. The Kier molecular flexibility index (Phi) is 6.73. The molecule has 0 unspecified atom stereocenters. The number of hydrogen-bond acceptors (Lipinski definition) is 2. The average molecular weight is 371 g/mol. The molecule has 3 aromatic carbocycles. The molecule has 0 fully saturated rings. The summed E-state index contributed by atoms with van der Waals surface area (Å²) in [7, 11) is -0.909. The van der Waals surface area contributed by atoms with Crippen molar-refractivity contribution >= 4 is 30.4 Å². The molecule has 0 aromatic heterocycles. The first kappa shape index (κ1) is 17.8. The first-order valence-corrected chi connectivity index (χ1v) is 10.0. The van der Waals surface area contributed by atoms with E-state index in [9.17, 15) is 0 Å². The van der Waals surface area contributed by atoms with Crippen molar-refractivity contribution in [3.8, 4) is 11.5 Å². The number of hydrogen-bond donors (Lipinski definition) is 0. The summed E-state index contributed by atoms with van der Waals surface area (Å²) in [6, 6.07) is 28.5. The van der Waals surface area contributed by atoms with E-state index in [2.05, 4.69) is 24.3 Å². The fourth-order valence-corrected chi connectivity index (χ4v) is 4.16. The van der Waals surface area contributed by atoms with E-state index in [0.717, 1.165) is 17.9 Å². The molecule has 3 rings (SSSR count). The van der Waals surface area contributed by atoms with Crippen molar-refractivity contribution in [1.29, 1.82) is 0 Å². The zero-order chi connectivity index (χ0) is 17.3. The van der Waals surface area contributed by atoms with Crippen LogP contribution in [-0.2, 0) is 0 Å². The zero-order valence-corrected chi connectivity index (χ0v) is 15.5. The van der Waals surface area contributed by atoms with Crippen LogP contribution in [0.1, 0.15) is 6.42 Å². The fourth-order valence-electron chi connectivity index (χ4n) is 2.33. The second kappa shape index (κ2) is 9.46. The van der Waals surface area contributed by atoms with Gasteiger partial charge in [-0.3, -0.25) is 0 Å². The van der Waals surface area contributed by atoms with Gasteiger partial charge in [-0.2, -0.15) is 0 Å². The highest BCUT2D eigenvalue weighted by molar-refractivity contribution is 7.68. The lowest BCUT2D eigenvalue weighted by Gasteiger charge is -2.19. The lowest BCUT2D eigenvalue weighted by Crippen LogP contribution is -2.15. The largest absolute Gasteiger partial charge is 0.494 e. The third-order valence-electron chi connectivity index (χ3n) is 3.55. The summed E-state index contributed by atoms with van der Waals surface area (Å²) >= 11 is 5.67. The van der Waals surface area contributed by atoms with Gasteiger partial charge in [-0.15, -0.1) is 11.6 Å². The summed E-state index contributed by atoms with van der Waals surface area (Å²) in [6.07, 6.45) is 0.840. The summed E-state index contributed by atoms with van der Waals surface area (Å²) in [4.78, 5) is 0. The number of ether oxygens (including phenoxy) is 1. The molecule has 0 aliphatic carbocycles. The third-order valence-corrected chi connectivity index (χ3v) is 5.74. The smallest absolute Gasteiger partial charge is 0.150 e. The Labute approximate surface area is 155 Å². The van der Waals surface area contributed by atoms with Gasteiger partial charge >= 0.3 is 0 Å². The molecular formula is C21H20ClO2P. The molecule has 2 nitrogen and oxygen atoms in total. The van der Waals surface area contributed by atoms with Crippen LogP contribution < -0.4 is 19.9 Å². The summed E-state index contributed by atoms with van der Waals surface area (Å²) in [5, 5.41) is 2.37. The van der Waals surface area contributed by atoms with Crippen molar-refractivity contribution in [3.05, 3.63) is 84.9 Å². The monoisotopic (exact) mass is 370 g/mol. The summed E-state index contributed by atoms with van der Waals surface area (Å²) in [6.45, 7) is 0.629. The van der Waals surface area contributed by atoms with Gasteiger partial charge in [-0.05, 0) is 30.7 Å². The van der Waals surface area contributed by atoms with Gasteiger partial charge in [0.2, 0.25) is 0 Å². The summed E-state index contributed by atoms with van der Waals surface area (Å²) in [5.41, 5.74) is 0. The van der Waals surface area contributed by atoms with E-state index in [1.54, 1.807) is 0 Å². The molecule has 0 saturated heterocycles. The van der Waals surface area contributed by atoms with Crippen molar-refractivity contribution in [1.82, 2.24) is 0 Å². The predicted molar refractivity (Wildman–Crippen MR) is 107 cm³/mol. The van der Waals surface area contributed by atoms with E-state index >= 15 is 0 Å². The lowest BCUT2D eigenvalue weighted by molar-refractivity contribution is 0.318. The minimum absolute atomic E-state index is 0.611. The van der Waals surface area contributed by atoms with Gasteiger partial charge in [-0.25, -0.2) is 0 Å². The van der Waals surface area contributed by atoms with Crippen LogP contribution in [0.3, 0.4) is 0 Å². The molecule has 0 N–H and O–H groups in total. The molecule has 3 aromatic rings. The quantitative estimate of drug-likeness (QED) is 0.311. The Bertz CT molecular complexity index is 708. The van der Waals surface area contributed by atoms with E-state index in [1.807, 2.05) is 60.7 Å². The van der Waals surface area contributed by atoms with Gasteiger partial charge in [0.1, 0.15) is 11.5 Å². The third kappa shape index (κ3) is 5.22. The maximum absolute atomic E-state index is 6.36. The number of halogens is 1. The van der Waals surface area contributed by atoms with Crippen LogP contribution in [-0.4, -0.2) is 12.5 Å². The van der Waals surface area contributed by atoms with Crippen molar-refractivity contribution in [3.63, 3.8) is 0 Å². The summed E-state index contributed by atoms with van der Waals surface area (Å²) in [5.74, 6) is 2.28. The topological polar surface area (TPSA) is 18.5 Å². The molecule has 0 aliphatic heterocycles. The van der Waals surface area contributed by atoms with Crippen LogP contribution in [0.25, 0.3) is 0 Å². The number of alkyl halides is 1. The average Bonchev–Trinajstić information content (AvgIpc) is 2.69. The van der Waals surface area contributed by atoms with Gasteiger partial charge < -0.3 is 9.26 Å². The van der Waals surface area contributed by atoms with Crippen molar-refractivity contribution in [2.24, 2.45) is 0 Å². The molecule has 0 amide bonds. The highest BCUT2D eigenvalue weighted by atomic mass is 35.5. The lowest BCUT2D eigenvalue weighted by atomic mass is 10.3. The highest BCUT2D eigenvalue weighted by Gasteiger charge is 2.16. The van der Waals surface area contributed by atoms with Crippen LogP contribution in [0.2, 0.25) is 0 Å². The van der Waals surface area contributed by atoms with Crippen molar-refractivity contribution < 1.29 is 9.26 Å². The van der Waals surface area contributed by atoms with Crippen LogP contribution in [0.5, 0.6) is 11.5 Å². The van der Waals surface area contributed by atoms with Crippen molar-refractivity contribution in [2.45, 2.75) is 6.42 Å². The minimum Gasteiger partial charge on any atom is -0.494 e. The van der Waals surface area contributed by atoms with E-state index < -0.39 is 8.15 Å². The maximum atomic E-state index is 6.36. The first-order valence-electron chi connectivity index (χ1n) is 8.24. The van der Waals surface area contributed by atoms with Gasteiger partial charge in [0.15, 0.2) is 8.15 Å². The molecule has 0 bridgehead atoms. The predicted octanol–water partition coefficient (Wildman–Crippen LogP) is 5.12. The summed E-state index contributed by atoms with van der Waals surface area (Å²) < 4.78 is 12.0. The van der Waals surface area contributed by atoms with Crippen molar-refractivity contribution in [2.75, 3.05) is 12.5 Å². The molecule has 4 heteroatoms. The number of benzene rings is 3. The Hall–Kier alpha value is -2.02. The zero-order valence-electron chi connectivity index (χ0n) is 13.8. The van der Waals surface area contributed by atoms with E-state index in [1.165, 1.54) is 10.6 Å². The molecule has 0 radical (unpaired) electrons. The van der Waals surface area contributed by atoms with Gasteiger partial charge in [-0.1, -0.05) is 60.7 Å². The van der Waals surface area contributed by atoms with Gasteiger partial charge in [0.25, 0.3) is 0 Å². The van der Waals surface area contributed by atoms with Crippen LogP contribution >= 0.6 is 19.7 Å². The standard InChI is InChI=1S/C21H20ClO2P/c22-16-7-17-23-18-12-14-19(15-13-18)24-25(20-8-3-1-4-9-20)21-10-5-2-6-11-21/h1-6,8-15H,7,16-17H2. The van der Waals surface area contributed by atoms with Crippen LogP contribution in [0.4, 0.5) is 0 Å². The second-order valence-corrected chi connectivity index (χ2v) is 7.60. The molecular weight excluding hydrogens is 351 g/mol. The van der Waals surface area contributed by atoms with E-state index in [-0.39, 0.29) is 0 Å². The molecule has 0 atom stereocenters. The second-order valence-electron chi connectivity index (χ2n) is 5.42. The first-order chi connectivity index (χ1) is 12.4. The van der Waals surface area contributed by atoms with Crippen LogP contribution in [0, 0.1) is 0 Å². The Balaban J connectivity index is 1.77. The maximum Gasteiger partial charge on any atom is 0.150 e. The molecule has 128 valence electrons. The molecule has 0 saturated carbocycles. The Morgan fingerprint density at radius 2 is 1.20 bits per heavy atom. The minimum atomic E-state index is -0.909. The fraction of sp³-hybridized carbons (Fsp3) is 0.143. The SMILES string of the molecule is ClCCCOc1ccc(OP(c2ccccc2)c2ccccc2)cc1. The normalized spacial score (nSPS) is 10.6. The molecule has 0 aliphatic rings. The van der Waals surface area contributed by atoms with Crippen LogP contribution in [0.15, 0.2) is 84.9 Å². The van der Waals surface area contributed by atoms with E-state index in [4.69, 9.17) is 20.9 Å². The Morgan fingerprint density at radius 3 is 1.72 bits per heavy atom. The van der Waals surface area contributed by atoms with E-state index in [0.29, 0.717) is 12.5 Å². The Morgan fingerprint density at radius 1 is 0.680 bits per heavy atom. The molecule has 0 heterocycles. The molecule has 25 heavy (non-hydrogen) atoms. The van der Waals surface area contributed by atoms with Gasteiger partial charge in [0, 0.05) is 16.5 Å². The molecule has 0 spiro atoms. The number of rotatable bonds is 8. The van der Waals surface area contributed by atoms with Gasteiger partial charge in [0.05, 0.1) is 6.61 Å².